The van der Waals surface area contributed by atoms with Gasteiger partial charge < -0.3 is 19.7 Å². The monoisotopic (exact) mass is 321 g/mol. The molecule has 2 amide bonds. The summed E-state index contributed by atoms with van der Waals surface area (Å²) in [4.78, 5) is 27.6. The molecule has 1 atom stereocenters. The molecule has 0 bridgehead atoms. The summed E-state index contributed by atoms with van der Waals surface area (Å²) in [5, 5.41) is 2.83. The highest BCUT2D eigenvalue weighted by Gasteiger charge is 2.28. The number of benzene rings is 1. The second kappa shape index (κ2) is 7.94. The van der Waals surface area contributed by atoms with Crippen molar-refractivity contribution in [3.8, 4) is 5.75 Å². The van der Waals surface area contributed by atoms with Crippen LogP contribution in [0.15, 0.2) is 24.3 Å². The predicted octanol–water partition coefficient (Wildman–Crippen LogP) is 0.423. The molecule has 0 radical (unpaired) electrons. The molecule has 0 spiro atoms. The second-order valence-electron chi connectivity index (χ2n) is 5.58. The fourth-order valence-electron chi connectivity index (χ4n) is 2.42. The number of amides is 2. The third-order valence-electron chi connectivity index (χ3n) is 3.62. The number of methoxy groups -OCH3 is 1. The number of nitrogens with one attached hydrogen (secondary N) is 1. The van der Waals surface area contributed by atoms with Crippen LogP contribution in [0.1, 0.15) is 0 Å². The lowest BCUT2D eigenvalue weighted by Gasteiger charge is -2.32. The number of ether oxygens (including phenoxy) is 2. The zero-order valence-corrected chi connectivity index (χ0v) is 13.7. The van der Waals surface area contributed by atoms with Gasteiger partial charge in [-0.05, 0) is 12.1 Å². The SMILES string of the molecule is COc1ccccc1NC(=O)CN1CCOC(C(=O)N(C)C)C1. The third-order valence-corrected chi connectivity index (χ3v) is 3.62. The van der Waals surface area contributed by atoms with Crippen LogP contribution in [-0.4, -0.2) is 75.2 Å². The van der Waals surface area contributed by atoms with Crippen LogP contribution in [0.3, 0.4) is 0 Å². The van der Waals surface area contributed by atoms with E-state index in [4.69, 9.17) is 9.47 Å². The van der Waals surface area contributed by atoms with Gasteiger partial charge in [-0.3, -0.25) is 14.5 Å². The largest absolute Gasteiger partial charge is 0.495 e. The number of nitrogens with zero attached hydrogens (tertiary/aromatic N) is 2. The number of carbonyl (C=O) groups is 2. The molecule has 7 nitrogen and oxygen atoms in total. The van der Waals surface area contributed by atoms with Crippen molar-refractivity contribution in [3.05, 3.63) is 24.3 Å². The number of hydrogen-bond donors (Lipinski definition) is 1. The van der Waals surface area contributed by atoms with E-state index in [0.29, 0.717) is 31.1 Å². The van der Waals surface area contributed by atoms with Crippen molar-refractivity contribution in [2.75, 3.05) is 52.8 Å². The summed E-state index contributed by atoms with van der Waals surface area (Å²) >= 11 is 0. The molecule has 1 heterocycles. The van der Waals surface area contributed by atoms with E-state index in [0.717, 1.165) is 0 Å². The van der Waals surface area contributed by atoms with Gasteiger partial charge in [0.15, 0.2) is 0 Å². The Labute approximate surface area is 136 Å². The van der Waals surface area contributed by atoms with Crippen LogP contribution < -0.4 is 10.1 Å². The van der Waals surface area contributed by atoms with Crippen molar-refractivity contribution in [2.24, 2.45) is 0 Å². The van der Waals surface area contributed by atoms with E-state index >= 15 is 0 Å². The smallest absolute Gasteiger partial charge is 0.252 e. The number of hydrogen-bond acceptors (Lipinski definition) is 5. The topological polar surface area (TPSA) is 71.1 Å². The van der Waals surface area contributed by atoms with Gasteiger partial charge in [0.05, 0.1) is 25.9 Å². The van der Waals surface area contributed by atoms with Crippen LogP contribution in [0.4, 0.5) is 5.69 Å². The zero-order chi connectivity index (χ0) is 16.8. The van der Waals surface area contributed by atoms with Crippen LogP contribution in [0.2, 0.25) is 0 Å². The van der Waals surface area contributed by atoms with Crippen LogP contribution >= 0.6 is 0 Å². The summed E-state index contributed by atoms with van der Waals surface area (Å²) in [5.74, 6) is 0.385. The van der Waals surface area contributed by atoms with E-state index < -0.39 is 6.10 Å². The van der Waals surface area contributed by atoms with Gasteiger partial charge in [-0.15, -0.1) is 0 Å². The van der Waals surface area contributed by atoms with Gasteiger partial charge in [-0.1, -0.05) is 12.1 Å². The number of anilines is 1. The first-order chi connectivity index (χ1) is 11.0. The molecule has 2 rings (SSSR count). The molecule has 126 valence electrons. The lowest BCUT2D eigenvalue weighted by molar-refractivity contribution is -0.147. The fourth-order valence-corrected chi connectivity index (χ4v) is 2.42. The quantitative estimate of drug-likeness (QED) is 0.851. The van der Waals surface area contributed by atoms with Gasteiger partial charge in [0.25, 0.3) is 5.91 Å². The van der Waals surface area contributed by atoms with E-state index in [-0.39, 0.29) is 18.4 Å². The Kier molecular flexibility index (Phi) is 5.95. The molecule has 1 aliphatic heterocycles. The molecular weight excluding hydrogens is 298 g/mol. The first kappa shape index (κ1) is 17.2. The average Bonchev–Trinajstić information content (AvgIpc) is 2.54. The number of rotatable bonds is 5. The molecule has 1 aromatic rings. The fraction of sp³-hybridized carbons (Fsp3) is 0.500. The Balaban J connectivity index is 1.91. The maximum atomic E-state index is 12.2. The van der Waals surface area contributed by atoms with Gasteiger partial charge >= 0.3 is 0 Å². The highest BCUT2D eigenvalue weighted by atomic mass is 16.5. The van der Waals surface area contributed by atoms with Gasteiger partial charge in [0.2, 0.25) is 5.91 Å². The van der Waals surface area contributed by atoms with Crippen molar-refractivity contribution < 1.29 is 19.1 Å². The predicted molar refractivity (Wildman–Crippen MR) is 86.5 cm³/mol. The first-order valence-electron chi connectivity index (χ1n) is 7.49. The number of carbonyl (C=O) groups excluding carboxylic acids is 2. The van der Waals surface area contributed by atoms with Gasteiger partial charge in [0, 0.05) is 27.2 Å². The first-order valence-corrected chi connectivity index (χ1v) is 7.49. The van der Waals surface area contributed by atoms with Crippen LogP contribution in [-0.2, 0) is 14.3 Å². The summed E-state index contributed by atoms with van der Waals surface area (Å²) in [5.41, 5.74) is 0.633. The highest BCUT2D eigenvalue weighted by molar-refractivity contribution is 5.93. The minimum absolute atomic E-state index is 0.0835. The zero-order valence-electron chi connectivity index (χ0n) is 13.7. The normalized spacial score (nSPS) is 18.3. The summed E-state index contributed by atoms with van der Waals surface area (Å²) < 4.78 is 10.7. The van der Waals surface area contributed by atoms with Crippen molar-refractivity contribution in [3.63, 3.8) is 0 Å². The molecule has 1 aromatic carbocycles. The number of para-hydroxylation sites is 2. The Hall–Kier alpha value is -2.12. The summed E-state index contributed by atoms with van der Waals surface area (Å²) in [6.45, 7) is 1.68. The van der Waals surface area contributed by atoms with E-state index in [1.807, 2.05) is 17.0 Å². The van der Waals surface area contributed by atoms with E-state index in [1.165, 1.54) is 4.90 Å². The van der Waals surface area contributed by atoms with E-state index in [2.05, 4.69) is 5.32 Å². The molecule has 23 heavy (non-hydrogen) atoms. The molecular formula is C16H23N3O4. The van der Waals surface area contributed by atoms with Crippen LogP contribution in [0, 0.1) is 0 Å². The molecule has 0 saturated carbocycles. The third kappa shape index (κ3) is 4.67. The van der Waals surface area contributed by atoms with E-state index in [1.54, 1.807) is 33.3 Å². The average molecular weight is 321 g/mol. The number of morpholine rings is 1. The Morgan fingerprint density at radius 3 is 2.83 bits per heavy atom. The standard InChI is InChI=1S/C16H23N3O4/c1-18(2)16(21)14-10-19(8-9-23-14)11-15(20)17-12-6-4-5-7-13(12)22-3/h4-7,14H,8-11H2,1-3H3,(H,17,20). The van der Waals surface area contributed by atoms with Gasteiger partial charge in [-0.25, -0.2) is 0 Å². The molecule has 0 aromatic heterocycles. The Morgan fingerprint density at radius 2 is 2.13 bits per heavy atom. The number of likely N-dealkylation sites (N-methyl/N-ethyl adjacent to an activating group) is 1. The lowest BCUT2D eigenvalue weighted by Crippen LogP contribution is -2.51. The Bertz CT molecular complexity index is 562. The minimum Gasteiger partial charge on any atom is -0.495 e. The summed E-state index contributed by atoms with van der Waals surface area (Å²) in [7, 11) is 4.95. The summed E-state index contributed by atoms with van der Waals surface area (Å²) in [6.07, 6.45) is -0.516. The molecule has 1 aliphatic rings. The van der Waals surface area contributed by atoms with Gasteiger partial charge in [0.1, 0.15) is 11.9 Å². The van der Waals surface area contributed by atoms with Crippen molar-refractivity contribution in [1.29, 1.82) is 0 Å². The molecule has 1 N–H and O–H groups in total. The van der Waals surface area contributed by atoms with E-state index in [9.17, 15) is 9.59 Å². The van der Waals surface area contributed by atoms with Crippen molar-refractivity contribution >= 4 is 17.5 Å². The Morgan fingerprint density at radius 1 is 1.39 bits per heavy atom. The van der Waals surface area contributed by atoms with Crippen molar-refractivity contribution in [2.45, 2.75) is 6.10 Å². The summed E-state index contributed by atoms with van der Waals surface area (Å²) in [6, 6.07) is 7.25. The second-order valence-corrected chi connectivity index (χ2v) is 5.58. The molecule has 1 unspecified atom stereocenters. The van der Waals surface area contributed by atoms with Crippen LogP contribution in [0.25, 0.3) is 0 Å². The molecule has 0 aliphatic carbocycles. The maximum absolute atomic E-state index is 12.2. The molecule has 1 fully saturated rings. The highest BCUT2D eigenvalue weighted by Crippen LogP contribution is 2.22. The molecule has 7 heteroatoms. The van der Waals surface area contributed by atoms with Gasteiger partial charge in [-0.2, -0.15) is 0 Å². The maximum Gasteiger partial charge on any atom is 0.252 e. The van der Waals surface area contributed by atoms with Crippen LogP contribution in [0.5, 0.6) is 5.75 Å². The lowest BCUT2D eigenvalue weighted by atomic mass is 10.2. The van der Waals surface area contributed by atoms with Crippen molar-refractivity contribution in [1.82, 2.24) is 9.80 Å². The molecule has 1 saturated heterocycles. The minimum atomic E-state index is -0.516.